The van der Waals surface area contributed by atoms with Crippen LogP contribution in [0.5, 0.6) is 0 Å². The van der Waals surface area contributed by atoms with E-state index in [1.165, 1.54) is 0 Å². The van der Waals surface area contributed by atoms with Crippen molar-refractivity contribution >= 4 is 35.3 Å². The van der Waals surface area contributed by atoms with E-state index in [4.69, 9.17) is 4.74 Å². The zero-order valence-corrected chi connectivity index (χ0v) is 16.3. The van der Waals surface area contributed by atoms with E-state index >= 15 is 0 Å². The number of benzene rings is 2. The molecule has 4 amide bonds. The third kappa shape index (κ3) is 4.49. The number of morpholine rings is 1. The fourth-order valence-electron chi connectivity index (χ4n) is 3.35. The maximum Gasteiger partial charge on any atom is 0.329 e. The molecule has 0 bridgehead atoms. The van der Waals surface area contributed by atoms with Gasteiger partial charge in [-0.15, -0.1) is 0 Å². The Balaban J connectivity index is 1.40. The van der Waals surface area contributed by atoms with Gasteiger partial charge in [0.05, 0.1) is 13.2 Å². The van der Waals surface area contributed by atoms with Crippen molar-refractivity contribution in [2.45, 2.75) is 0 Å². The van der Waals surface area contributed by atoms with Gasteiger partial charge in [0.2, 0.25) is 5.91 Å². The molecule has 0 aliphatic carbocycles. The number of amides is 4. The van der Waals surface area contributed by atoms with Gasteiger partial charge >= 0.3 is 6.03 Å². The van der Waals surface area contributed by atoms with E-state index in [0.717, 1.165) is 29.2 Å². The summed E-state index contributed by atoms with van der Waals surface area (Å²) in [7, 11) is 0. The van der Waals surface area contributed by atoms with Crippen molar-refractivity contribution in [1.29, 1.82) is 0 Å². The van der Waals surface area contributed by atoms with E-state index in [9.17, 15) is 14.4 Å². The molecule has 0 atom stereocenters. The minimum Gasteiger partial charge on any atom is -0.378 e. The first kappa shape index (κ1) is 19.7. The fraction of sp³-hybridized carbons (Fsp3) is 0.227. The van der Waals surface area contributed by atoms with Crippen LogP contribution in [0, 0.1) is 0 Å². The van der Waals surface area contributed by atoms with E-state index in [-0.39, 0.29) is 12.2 Å². The minimum atomic E-state index is -0.612. The standard InChI is InChI=1S/C22H22N4O4/c27-20(23-17-4-2-1-3-5-17)15-26-21(28)19(24-22(26)29)14-16-6-8-18(9-7-16)25-10-12-30-13-11-25/h1-9,14H,10-13,15H2,(H,23,27)(H,24,29). The first-order valence-corrected chi connectivity index (χ1v) is 9.72. The van der Waals surface area contributed by atoms with Crippen LogP contribution in [-0.2, 0) is 14.3 Å². The number of imide groups is 1. The average Bonchev–Trinajstić information content (AvgIpc) is 3.03. The molecule has 0 spiro atoms. The van der Waals surface area contributed by atoms with Crippen LogP contribution < -0.4 is 15.5 Å². The van der Waals surface area contributed by atoms with E-state index in [1.54, 1.807) is 30.3 Å². The summed E-state index contributed by atoms with van der Waals surface area (Å²) in [4.78, 5) is 40.1. The van der Waals surface area contributed by atoms with Gasteiger partial charge in [-0.2, -0.15) is 0 Å². The molecule has 154 valence electrons. The zero-order chi connectivity index (χ0) is 20.9. The van der Waals surface area contributed by atoms with Crippen LogP contribution in [0.25, 0.3) is 6.08 Å². The maximum atomic E-state index is 12.6. The lowest BCUT2D eigenvalue weighted by Gasteiger charge is -2.28. The largest absolute Gasteiger partial charge is 0.378 e. The summed E-state index contributed by atoms with van der Waals surface area (Å²) in [6.07, 6.45) is 1.61. The molecule has 2 aliphatic rings. The third-order valence-corrected chi connectivity index (χ3v) is 4.90. The summed E-state index contributed by atoms with van der Waals surface area (Å²) < 4.78 is 5.36. The van der Waals surface area contributed by atoms with E-state index < -0.39 is 17.8 Å². The Morgan fingerprint density at radius 2 is 1.73 bits per heavy atom. The Hall–Kier alpha value is -3.65. The number of rotatable bonds is 5. The Morgan fingerprint density at radius 1 is 1.03 bits per heavy atom. The summed E-state index contributed by atoms with van der Waals surface area (Å²) in [5.41, 5.74) is 2.62. The second-order valence-electron chi connectivity index (χ2n) is 6.98. The number of anilines is 2. The van der Waals surface area contributed by atoms with Crippen LogP contribution in [0.1, 0.15) is 5.56 Å². The van der Waals surface area contributed by atoms with Crippen molar-refractivity contribution in [2.75, 3.05) is 43.1 Å². The smallest absolute Gasteiger partial charge is 0.329 e. The van der Waals surface area contributed by atoms with Gasteiger partial charge in [0.15, 0.2) is 0 Å². The molecule has 2 aromatic rings. The van der Waals surface area contributed by atoms with Gasteiger partial charge < -0.3 is 20.3 Å². The van der Waals surface area contributed by atoms with Crippen LogP contribution in [-0.4, -0.2) is 55.6 Å². The van der Waals surface area contributed by atoms with Crippen molar-refractivity contribution in [3.63, 3.8) is 0 Å². The summed E-state index contributed by atoms with van der Waals surface area (Å²) in [6.45, 7) is 2.75. The summed E-state index contributed by atoms with van der Waals surface area (Å²) in [5.74, 6) is -0.971. The van der Waals surface area contributed by atoms with Gasteiger partial charge in [0.1, 0.15) is 12.2 Å². The highest BCUT2D eigenvalue weighted by Crippen LogP contribution is 2.19. The number of carbonyl (C=O) groups excluding carboxylic acids is 3. The van der Waals surface area contributed by atoms with Crippen LogP contribution in [0.2, 0.25) is 0 Å². The molecule has 8 nitrogen and oxygen atoms in total. The molecule has 2 aromatic carbocycles. The van der Waals surface area contributed by atoms with Crippen molar-refractivity contribution < 1.29 is 19.1 Å². The molecule has 2 N–H and O–H groups in total. The van der Waals surface area contributed by atoms with Crippen LogP contribution in [0.3, 0.4) is 0 Å². The van der Waals surface area contributed by atoms with Crippen molar-refractivity contribution in [3.8, 4) is 0 Å². The number of carbonyl (C=O) groups is 3. The highest BCUT2D eigenvalue weighted by molar-refractivity contribution is 6.15. The molecular formula is C22H22N4O4. The number of hydrogen-bond acceptors (Lipinski definition) is 5. The van der Waals surface area contributed by atoms with Gasteiger partial charge in [-0.3, -0.25) is 9.59 Å². The Morgan fingerprint density at radius 3 is 2.43 bits per heavy atom. The molecule has 30 heavy (non-hydrogen) atoms. The van der Waals surface area contributed by atoms with Gasteiger partial charge in [0.25, 0.3) is 5.91 Å². The predicted molar refractivity (Wildman–Crippen MR) is 113 cm³/mol. The molecule has 2 aliphatic heterocycles. The second kappa shape index (κ2) is 8.79. The monoisotopic (exact) mass is 406 g/mol. The first-order valence-electron chi connectivity index (χ1n) is 9.72. The Labute approximate surface area is 174 Å². The lowest BCUT2D eigenvalue weighted by Crippen LogP contribution is -2.38. The average molecular weight is 406 g/mol. The molecule has 0 unspecified atom stereocenters. The zero-order valence-electron chi connectivity index (χ0n) is 16.3. The maximum absolute atomic E-state index is 12.6. The number of ether oxygens (including phenoxy) is 1. The first-order chi connectivity index (χ1) is 14.6. The van der Waals surface area contributed by atoms with Gasteiger partial charge in [-0.25, -0.2) is 9.69 Å². The Bertz CT molecular complexity index is 966. The van der Waals surface area contributed by atoms with Gasteiger partial charge in [-0.1, -0.05) is 30.3 Å². The topological polar surface area (TPSA) is 91.0 Å². The summed E-state index contributed by atoms with van der Waals surface area (Å²) in [5, 5.41) is 5.21. The van der Waals surface area contributed by atoms with E-state index in [2.05, 4.69) is 15.5 Å². The van der Waals surface area contributed by atoms with Crippen molar-refractivity contribution in [2.24, 2.45) is 0 Å². The quantitative estimate of drug-likeness (QED) is 0.586. The lowest BCUT2D eigenvalue weighted by molar-refractivity contribution is -0.127. The molecule has 2 saturated heterocycles. The SMILES string of the molecule is O=C(CN1C(=O)NC(=Cc2ccc(N3CCOCC3)cc2)C1=O)Nc1ccccc1. The number of nitrogens with one attached hydrogen (secondary N) is 2. The second-order valence-corrected chi connectivity index (χ2v) is 6.98. The normalized spacial score (nSPS) is 17.9. The number of para-hydroxylation sites is 1. The molecule has 0 saturated carbocycles. The molecule has 0 aromatic heterocycles. The summed E-state index contributed by atoms with van der Waals surface area (Å²) >= 11 is 0. The molecule has 2 heterocycles. The van der Waals surface area contributed by atoms with Crippen LogP contribution in [0.15, 0.2) is 60.3 Å². The van der Waals surface area contributed by atoms with E-state index in [0.29, 0.717) is 18.9 Å². The predicted octanol–water partition coefficient (Wildman–Crippen LogP) is 2.05. The lowest BCUT2D eigenvalue weighted by atomic mass is 10.1. The highest BCUT2D eigenvalue weighted by atomic mass is 16.5. The van der Waals surface area contributed by atoms with Crippen LogP contribution >= 0.6 is 0 Å². The van der Waals surface area contributed by atoms with Crippen LogP contribution in [0.4, 0.5) is 16.2 Å². The molecule has 4 rings (SSSR count). The molecular weight excluding hydrogens is 384 g/mol. The molecule has 8 heteroatoms. The molecule has 2 fully saturated rings. The van der Waals surface area contributed by atoms with Gasteiger partial charge in [0, 0.05) is 24.5 Å². The van der Waals surface area contributed by atoms with Crippen molar-refractivity contribution in [3.05, 3.63) is 65.9 Å². The van der Waals surface area contributed by atoms with E-state index in [1.807, 2.05) is 30.3 Å². The summed E-state index contributed by atoms with van der Waals surface area (Å²) in [6, 6.07) is 16.0. The highest BCUT2D eigenvalue weighted by Gasteiger charge is 2.34. The molecule has 0 radical (unpaired) electrons. The number of nitrogens with zero attached hydrogens (tertiary/aromatic N) is 2. The van der Waals surface area contributed by atoms with Gasteiger partial charge in [-0.05, 0) is 35.9 Å². The minimum absolute atomic E-state index is 0.145. The van der Waals surface area contributed by atoms with Crippen molar-refractivity contribution in [1.82, 2.24) is 10.2 Å². The fourth-order valence-corrected chi connectivity index (χ4v) is 3.35. The Kier molecular flexibility index (Phi) is 5.76. The number of hydrogen-bond donors (Lipinski definition) is 2. The third-order valence-electron chi connectivity index (χ3n) is 4.90. The number of urea groups is 1.